The molecule has 2 atom stereocenters. The number of benzene rings is 1. The minimum atomic E-state index is -4.43. The predicted octanol–water partition coefficient (Wildman–Crippen LogP) is 4.70. The number of aromatic nitrogens is 4. The Hall–Kier alpha value is -2.79. The molecule has 3 heterocycles. The largest absolute Gasteiger partial charge is 0.416 e. The van der Waals surface area contributed by atoms with Crippen LogP contribution in [0.2, 0.25) is 0 Å². The van der Waals surface area contributed by atoms with E-state index in [9.17, 15) is 13.2 Å². The van der Waals surface area contributed by atoms with Crippen molar-refractivity contribution in [1.82, 2.24) is 30.1 Å². The van der Waals surface area contributed by atoms with Gasteiger partial charge in [-0.25, -0.2) is 0 Å². The number of hydrogen-bond acceptors (Lipinski definition) is 8. The topological polar surface area (TPSA) is 84.3 Å². The summed E-state index contributed by atoms with van der Waals surface area (Å²) in [6.07, 6.45) is -4.43. The zero-order valence-corrected chi connectivity index (χ0v) is 19.0. The first-order chi connectivity index (χ1) is 15.6. The van der Waals surface area contributed by atoms with Crippen LogP contribution >= 0.6 is 0 Å². The molecular formula is C22H27F3N6O2. The summed E-state index contributed by atoms with van der Waals surface area (Å²) in [5, 5.41) is 7.95. The Morgan fingerprint density at radius 2 is 1.42 bits per heavy atom. The molecule has 1 aliphatic heterocycles. The molecule has 0 aliphatic carbocycles. The molecule has 8 nitrogen and oxygen atoms in total. The van der Waals surface area contributed by atoms with E-state index >= 15 is 0 Å². The summed E-state index contributed by atoms with van der Waals surface area (Å²) in [4.78, 5) is 13.4. The summed E-state index contributed by atoms with van der Waals surface area (Å²) in [6, 6.07) is 4.78. The lowest BCUT2D eigenvalue weighted by molar-refractivity contribution is -0.137. The lowest BCUT2D eigenvalue weighted by Gasteiger charge is -2.38. The minimum absolute atomic E-state index is 0.0124. The SMILES string of the molecule is CC(C)c1noc(C(C)N2CCN(C(C)c3nc(-c4cccc(C(F)(F)F)c4)no3)CC2)n1. The highest BCUT2D eigenvalue weighted by Crippen LogP contribution is 2.32. The summed E-state index contributed by atoms with van der Waals surface area (Å²) in [6.45, 7) is 11.2. The van der Waals surface area contributed by atoms with Crippen molar-refractivity contribution in [2.45, 2.75) is 51.9 Å². The van der Waals surface area contributed by atoms with Crippen molar-refractivity contribution >= 4 is 0 Å². The monoisotopic (exact) mass is 464 g/mol. The van der Waals surface area contributed by atoms with Crippen LogP contribution in [0.1, 0.15) is 68.9 Å². The first-order valence-corrected chi connectivity index (χ1v) is 11.0. The molecular weight excluding hydrogens is 437 g/mol. The Labute approximate surface area is 189 Å². The van der Waals surface area contributed by atoms with Crippen molar-refractivity contribution in [2.75, 3.05) is 26.2 Å². The van der Waals surface area contributed by atoms with Crippen LogP contribution in [0.5, 0.6) is 0 Å². The Balaban J connectivity index is 1.38. The Morgan fingerprint density at radius 1 is 0.848 bits per heavy atom. The highest BCUT2D eigenvalue weighted by Gasteiger charge is 2.32. The maximum atomic E-state index is 13.0. The molecule has 11 heteroatoms. The molecule has 0 spiro atoms. The third kappa shape index (κ3) is 5.09. The van der Waals surface area contributed by atoms with Gasteiger partial charge in [0.05, 0.1) is 17.6 Å². The zero-order valence-electron chi connectivity index (χ0n) is 19.0. The van der Waals surface area contributed by atoms with Gasteiger partial charge in [0, 0.05) is 37.7 Å². The van der Waals surface area contributed by atoms with Crippen LogP contribution in [-0.2, 0) is 6.18 Å². The average molecular weight is 464 g/mol. The third-order valence-electron chi connectivity index (χ3n) is 6.02. The van der Waals surface area contributed by atoms with Crippen LogP contribution in [0.15, 0.2) is 33.3 Å². The smallest absolute Gasteiger partial charge is 0.338 e. The quantitative estimate of drug-likeness (QED) is 0.519. The van der Waals surface area contributed by atoms with E-state index in [-0.39, 0.29) is 29.4 Å². The Morgan fingerprint density at radius 3 is 1.97 bits per heavy atom. The standard InChI is InChI=1S/C22H27F3N6O2/c1-13(2)18-26-20(32-28-18)14(3)30-8-10-31(11-9-30)15(4)21-27-19(29-33-21)16-6-5-7-17(12-16)22(23,24)25/h5-7,12-15H,8-11H2,1-4H3. The van der Waals surface area contributed by atoms with Gasteiger partial charge in [-0.1, -0.05) is 36.3 Å². The van der Waals surface area contributed by atoms with Crippen molar-refractivity contribution in [2.24, 2.45) is 0 Å². The van der Waals surface area contributed by atoms with Crippen molar-refractivity contribution in [3.8, 4) is 11.4 Å². The summed E-state index contributed by atoms with van der Waals surface area (Å²) in [7, 11) is 0. The maximum Gasteiger partial charge on any atom is 0.416 e. The number of alkyl halides is 3. The minimum Gasteiger partial charge on any atom is -0.338 e. The number of hydrogen-bond donors (Lipinski definition) is 0. The fourth-order valence-corrected chi connectivity index (χ4v) is 3.83. The van der Waals surface area contributed by atoms with Crippen LogP contribution in [0, 0.1) is 0 Å². The summed E-state index contributed by atoms with van der Waals surface area (Å²) >= 11 is 0. The first kappa shape index (κ1) is 23.4. The second-order valence-corrected chi connectivity index (χ2v) is 8.60. The average Bonchev–Trinajstić information content (AvgIpc) is 3.48. The van der Waals surface area contributed by atoms with E-state index < -0.39 is 11.7 Å². The van der Waals surface area contributed by atoms with Gasteiger partial charge in [0.1, 0.15) is 0 Å². The zero-order chi connectivity index (χ0) is 23.8. The third-order valence-corrected chi connectivity index (χ3v) is 6.02. The molecule has 1 aromatic carbocycles. The second kappa shape index (κ2) is 9.22. The molecule has 33 heavy (non-hydrogen) atoms. The van der Waals surface area contributed by atoms with E-state index in [2.05, 4.69) is 37.0 Å². The first-order valence-electron chi connectivity index (χ1n) is 11.0. The van der Waals surface area contributed by atoms with E-state index in [4.69, 9.17) is 9.05 Å². The highest BCUT2D eigenvalue weighted by molar-refractivity contribution is 5.55. The van der Waals surface area contributed by atoms with Crippen molar-refractivity contribution in [1.29, 1.82) is 0 Å². The molecule has 2 aromatic heterocycles. The van der Waals surface area contributed by atoms with Gasteiger partial charge in [-0.15, -0.1) is 0 Å². The Bertz CT molecular complexity index is 1070. The van der Waals surface area contributed by atoms with Gasteiger partial charge in [-0.05, 0) is 26.0 Å². The van der Waals surface area contributed by atoms with Gasteiger partial charge in [-0.2, -0.15) is 23.1 Å². The summed E-state index contributed by atoms with van der Waals surface area (Å²) in [5.74, 6) is 2.05. The summed E-state index contributed by atoms with van der Waals surface area (Å²) < 4.78 is 49.9. The van der Waals surface area contributed by atoms with Crippen LogP contribution in [0.25, 0.3) is 11.4 Å². The fraction of sp³-hybridized carbons (Fsp3) is 0.545. The number of halogens is 3. The van der Waals surface area contributed by atoms with E-state index in [0.717, 1.165) is 38.3 Å². The molecule has 3 aromatic rings. The van der Waals surface area contributed by atoms with Crippen molar-refractivity contribution < 1.29 is 22.2 Å². The molecule has 1 fully saturated rings. The number of rotatable bonds is 6. The molecule has 0 radical (unpaired) electrons. The summed E-state index contributed by atoms with van der Waals surface area (Å²) in [5.41, 5.74) is -0.475. The van der Waals surface area contributed by atoms with E-state index in [1.807, 2.05) is 20.8 Å². The fourth-order valence-electron chi connectivity index (χ4n) is 3.83. The highest BCUT2D eigenvalue weighted by atomic mass is 19.4. The molecule has 2 unspecified atom stereocenters. The van der Waals surface area contributed by atoms with E-state index in [1.165, 1.54) is 12.1 Å². The number of piperazine rings is 1. The molecule has 0 bridgehead atoms. The van der Waals surface area contributed by atoms with Gasteiger partial charge in [0.15, 0.2) is 5.82 Å². The van der Waals surface area contributed by atoms with Gasteiger partial charge in [0.2, 0.25) is 17.6 Å². The molecule has 0 N–H and O–H groups in total. The molecule has 1 saturated heterocycles. The second-order valence-electron chi connectivity index (χ2n) is 8.60. The van der Waals surface area contributed by atoms with E-state index in [0.29, 0.717) is 17.6 Å². The van der Waals surface area contributed by atoms with Gasteiger partial charge in [0.25, 0.3) is 0 Å². The molecule has 1 aliphatic rings. The van der Waals surface area contributed by atoms with Gasteiger partial charge < -0.3 is 9.05 Å². The lowest BCUT2D eigenvalue weighted by atomic mass is 10.1. The van der Waals surface area contributed by atoms with Crippen LogP contribution < -0.4 is 0 Å². The van der Waals surface area contributed by atoms with Gasteiger partial charge >= 0.3 is 6.18 Å². The normalized spacial score (nSPS) is 18.1. The number of nitrogens with zero attached hydrogens (tertiary/aromatic N) is 6. The van der Waals surface area contributed by atoms with Crippen LogP contribution in [-0.4, -0.2) is 56.3 Å². The van der Waals surface area contributed by atoms with Gasteiger partial charge in [-0.3, -0.25) is 9.80 Å². The Kier molecular flexibility index (Phi) is 6.53. The van der Waals surface area contributed by atoms with Crippen molar-refractivity contribution in [3.05, 3.63) is 47.4 Å². The van der Waals surface area contributed by atoms with Crippen molar-refractivity contribution in [3.63, 3.8) is 0 Å². The predicted molar refractivity (Wildman–Crippen MR) is 113 cm³/mol. The molecule has 0 saturated carbocycles. The lowest BCUT2D eigenvalue weighted by Crippen LogP contribution is -2.47. The van der Waals surface area contributed by atoms with E-state index in [1.54, 1.807) is 0 Å². The van der Waals surface area contributed by atoms with Crippen LogP contribution in [0.3, 0.4) is 0 Å². The maximum absolute atomic E-state index is 13.0. The molecule has 4 rings (SSSR count). The molecule has 0 amide bonds. The molecule has 178 valence electrons. The van der Waals surface area contributed by atoms with Crippen LogP contribution in [0.4, 0.5) is 13.2 Å².